The summed E-state index contributed by atoms with van der Waals surface area (Å²) >= 11 is 0. The minimum Gasteiger partial charge on any atom is -0.377 e. The molecule has 1 unspecified atom stereocenters. The number of likely N-dealkylation sites (N-methyl/N-ethyl adjacent to an activating group) is 2. The van der Waals surface area contributed by atoms with Gasteiger partial charge in [0.15, 0.2) is 0 Å². The number of allylic oxidation sites excluding steroid dienone is 3. The Balaban J connectivity index is 1.56. The predicted molar refractivity (Wildman–Crippen MR) is 167 cm³/mol. The maximum atomic E-state index is 13.7. The molecular weight excluding hydrogens is 566 g/mol. The van der Waals surface area contributed by atoms with E-state index < -0.39 is 16.1 Å². The number of amides is 2. The van der Waals surface area contributed by atoms with Crippen LogP contribution in [-0.4, -0.2) is 87.5 Å². The number of carbonyl (C=O) groups is 2. The Kier molecular flexibility index (Phi) is 8.34. The van der Waals surface area contributed by atoms with Gasteiger partial charge in [0.2, 0.25) is 5.91 Å². The van der Waals surface area contributed by atoms with Crippen molar-refractivity contribution < 1.29 is 22.7 Å². The molecule has 0 spiro atoms. The van der Waals surface area contributed by atoms with Gasteiger partial charge in [-0.3, -0.25) is 9.59 Å². The number of aromatic nitrogens is 1. The minimum absolute atomic E-state index is 0.0806. The Morgan fingerprint density at radius 3 is 2.56 bits per heavy atom. The molecule has 43 heavy (non-hydrogen) atoms. The van der Waals surface area contributed by atoms with Crippen molar-refractivity contribution in [1.29, 1.82) is 0 Å². The van der Waals surface area contributed by atoms with Crippen molar-refractivity contribution in [2.75, 3.05) is 47.4 Å². The van der Waals surface area contributed by atoms with E-state index >= 15 is 0 Å². The lowest BCUT2D eigenvalue weighted by molar-refractivity contribution is -0.117. The lowest BCUT2D eigenvalue weighted by Gasteiger charge is -2.25. The first-order chi connectivity index (χ1) is 20.7. The fourth-order valence-corrected chi connectivity index (χ4v) is 7.68. The average molecular weight is 608 g/mol. The Labute approximate surface area is 253 Å². The summed E-state index contributed by atoms with van der Waals surface area (Å²) in [6.45, 7) is 1.94. The van der Waals surface area contributed by atoms with E-state index in [1.165, 1.54) is 19.0 Å². The van der Waals surface area contributed by atoms with Gasteiger partial charge in [0.05, 0.1) is 18.3 Å². The molecule has 2 aliphatic heterocycles. The second-order valence-corrected chi connectivity index (χ2v) is 14.0. The van der Waals surface area contributed by atoms with E-state index in [-0.39, 0.29) is 24.1 Å². The Bertz CT molecular complexity index is 1650. The number of carbonyl (C=O) groups excluding carboxylic acids is 2. The SMILES string of the molecule is COC1C=CC2=C(C=C3Cn4c2c(C2CCCCC2)c2ccc(cc24)C(=O)NS(=O)(=O)N(C)CCN(C)CCNC3=O)C1. The minimum atomic E-state index is -4.04. The van der Waals surface area contributed by atoms with Crippen LogP contribution in [-0.2, 0) is 26.3 Å². The summed E-state index contributed by atoms with van der Waals surface area (Å²) in [6.07, 6.45) is 12.5. The van der Waals surface area contributed by atoms with E-state index in [0.29, 0.717) is 44.1 Å². The largest absolute Gasteiger partial charge is 0.377 e. The molecule has 6 rings (SSSR count). The molecule has 1 aromatic heterocycles. The summed E-state index contributed by atoms with van der Waals surface area (Å²) in [7, 11) is 0.991. The molecule has 0 radical (unpaired) electrons. The maximum Gasteiger partial charge on any atom is 0.303 e. The van der Waals surface area contributed by atoms with E-state index in [9.17, 15) is 18.0 Å². The molecule has 1 fully saturated rings. The van der Waals surface area contributed by atoms with Crippen LogP contribution < -0.4 is 10.0 Å². The summed E-state index contributed by atoms with van der Waals surface area (Å²) in [4.78, 5) is 29.0. The summed E-state index contributed by atoms with van der Waals surface area (Å²) < 4.78 is 37.4. The van der Waals surface area contributed by atoms with Crippen LogP contribution in [0.3, 0.4) is 0 Å². The van der Waals surface area contributed by atoms with Crippen LogP contribution in [0.5, 0.6) is 0 Å². The molecule has 2 amide bonds. The van der Waals surface area contributed by atoms with E-state index in [2.05, 4.69) is 26.8 Å². The number of methoxy groups -OCH3 is 1. The highest BCUT2D eigenvalue weighted by molar-refractivity contribution is 7.87. The number of fused-ring (bicyclic) bond motifs is 3. The van der Waals surface area contributed by atoms with Crippen LogP contribution in [0.4, 0.5) is 0 Å². The van der Waals surface area contributed by atoms with Gasteiger partial charge in [-0.05, 0) is 55.2 Å². The van der Waals surface area contributed by atoms with Gasteiger partial charge in [-0.1, -0.05) is 37.5 Å². The van der Waals surface area contributed by atoms with Gasteiger partial charge in [-0.15, -0.1) is 0 Å². The topological polar surface area (TPSA) is 113 Å². The van der Waals surface area contributed by atoms with Crippen molar-refractivity contribution in [3.8, 4) is 0 Å². The summed E-state index contributed by atoms with van der Waals surface area (Å²) in [5.41, 5.74) is 6.22. The van der Waals surface area contributed by atoms with E-state index in [0.717, 1.165) is 57.7 Å². The lowest BCUT2D eigenvalue weighted by atomic mass is 9.80. The fourth-order valence-electron chi connectivity index (χ4n) is 6.85. The first-order valence-electron chi connectivity index (χ1n) is 15.2. The lowest BCUT2D eigenvalue weighted by Crippen LogP contribution is -2.44. The zero-order valence-corrected chi connectivity index (χ0v) is 26.0. The third-order valence-corrected chi connectivity index (χ3v) is 10.8. The molecule has 2 aliphatic carbocycles. The van der Waals surface area contributed by atoms with Crippen LogP contribution in [0.15, 0.2) is 47.6 Å². The second-order valence-electron chi connectivity index (χ2n) is 12.2. The zero-order chi connectivity index (χ0) is 30.3. The van der Waals surface area contributed by atoms with Gasteiger partial charge in [-0.25, -0.2) is 4.72 Å². The molecule has 1 atom stereocenters. The van der Waals surface area contributed by atoms with Crippen molar-refractivity contribution in [3.63, 3.8) is 0 Å². The third kappa shape index (κ3) is 5.83. The molecule has 2 N–H and O–H groups in total. The molecule has 230 valence electrons. The average Bonchev–Trinajstić information content (AvgIpc) is 3.21. The summed E-state index contributed by atoms with van der Waals surface area (Å²) in [6, 6.07) is 5.47. The maximum absolute atomic E-state index is 13.7. The highest BCUT2D eigenvalue weighted by Crippen LogP contribution is 2.46. The summed E-state index contributed by atoms with van der Waals surface area (Å²) in [5, 5.41) is 4.15. The molecule has 1 aromatic carbocycles. The predicted octanol–water partition coefficient (Wildman–Crippen LogP) is 3.33. The molecule has 1 saturated carbocycles. The van der Waals surface area contributed by atoms with Crippen LogP contribution in [0.2, 0.25) is 0 Å². The molecular formula is C32H41N5O5S. The summed E-state index contributed by atoms with van der Waals surface area (Å²) in [5.74, 6) is -0.452. The van der Waals surface area contributed by atoms with Gasteiger partial charge in [0.1, 0.15) is 0 Å². The molecule has 10 nitrogen and oxygen atoms in total. The highest BCUT2D eigenvalue weighted by atomic mass is 32.2. The quantitative estimate of drug-likeness (QED) is 0.542. The molecule has 2 aromatic rings. The third-order valence-electron chi connectivity index (χ3n) is 9.36. The van der Waals surface area contributed by atoms with E-state index in [1.807, 2.05) is 24.1 Å². The molecule has 4 bridgehead atoms. The van der Waals surface area contributed by atoms with Gasteiger partial charge >= 0.3 is 10.2 Å². The van der Waals surface area contributed by atoms with Crippen LogP contribution >= 0.6 is 0 Å². The zero-order valence-electron chi connectivity index (χ0n) is 25.2. The normalized spacial score (nSPS) is 24.4. The second kappa shape index (κ2) is 12.0. The number of nitrogens with one attached hydrogen (secondary N) is 2. The first-order valence-corrected chi connectivity index (χ1v) is 16.7. The van der Waals surface area contributed by atoms with Crippen LogP contribution in [0.25, 0.3) is 16.5 Å². The monoisotopic (exact) mass is 607 g/mol. The van der Waals surface area contributed by atoms with Crippen LogP contribution in [0, 0.1) is 0 Å². The number of nitrogens with zero attached hydrogens (tertiary/aromatic N) is 3. The van der Waals surface area contributed by atoms with Crippen LogP contribution in [0.1, 0.15) is 66.1 Å². The van der Waals surface area contributed by atoms with Crippen molar-refractivity contribution in [2.45, 2.75) is 57.1 Å². The van der Waals surface area contributed by atoms with Crippen molar-refractivity contribution in [2.24, 2.45) is 0 Å². The number of rotatable bonds is 2. The van der Waals surface area contributed by atoms with Crippen molar-refractivity contribution >= 4 is 38.5 Å². The molecule has 4 aliphatic rings. The van der Waals surface area contributed by atoms with Crippen molar-refractivity contribution in [1.82, 2.24) is 23.8 Å². The Morgan fingerprint density at radius 1 is 1.00 bits per heavy atom. The van der Waals surface area contributed by atoms with Gasteiger partial charge in [0, 0.05) is 74.4 Å². The van der Waals surface area contributed by atoms with Gasteiger partial charge in [-0.2, -0.15) is 12.7 Å². The number of hydrogen-bond acceptors (Lipinski definition) is 6. The van der Waals surface area contributed by atoms with Crippen molar-refractivity contribution in [3.05, 3.63) is 64.4 Å². The van der Waals surface area contributed by atoms with Gasteiger partial charge < -0.3 is 19.5 Å². The number of benzene rings is 1. The molecule has 3 heterocycles. The van der Waals surface area contributed by atoms with E-state index in [1.54, 1.807) is 19.2 Å². The highest BCUT2D eigenvalue weighted by Gasteiger charge is 2.33. The molecule has 11 heteroatoms. The molecule has 0 saturated heterocycles. The smallest absolute Gasteiger partial charge is 0.303 e. The van der Waals surface area contributed by atoms with Gasteiger partial charge in [0.25, 0.3) is 5.91 Å². The number of hydrogen-bond donors (Lipinski definition) is 2. The Hall–Kier alpha value is -3.25. The van der Waals surface area contributed by atoms with E-state index in [4.69, 9.17) is 4.74 Å². The number of ether oxygens (including phenoxy) is 1. The fraction of sp³-hybridized carbons (Fsp3) is 0.500. The first kappa shape index (κ1) is 29.8. The Morgan fingerprint density at radius 2 is 1.79 bits per heavy atom. The standard InChI is InChI=1S/C32H41N5O5S/c1-35-14-13-33-31(38)24-17-23-18-25(42-3)10-12-26(23)30-29(21-7-5-4-6-8-21)27-11-9-22(19-28(27)37(30)20-24)32(39)34-43(40,41)36(2)16-15-35/h9-12,17,19,21,25H,4-8,13-16,18,20H2,1-3H3,(H,33,38)(H,34,39).